The molecule has 0 radical (unpaired) electrons. The quantitative estimate of drug-likeness (QED) is 0.931. The molecule has 4 heteroatoms. The molecule has 108 valence electrons. The molecule has 0 saturated carbocycles. The first-order chi connectivity index (χ1) is 9.39. The van der Waals surface area contributed by atoms with Crippen molar-refractivity contribution in [2.75, 3.05) is 6.54 Å². The van der Waals surface area contributed by atoms with Crippen LogP contribution in [0.1, 0.15) is 26.5 Å². The maximum atomic E-state index is 5.83. The van der Waals surface area contributed by atoms with Crippen molar-refractivity contribution in [3.63, 3.8) is 0 Å². The Balaban J connectivity index is 2.26. The summed E-state index contributed by atoms with van der Waals surface area (Å²) < 4.78 is 7.79. The Kier molecular flexibility index (Phi) is 4.14. The molecule has 1 heterocycles. The molecular weight excluding hydrogens is 250 g/mol. The molecule has 0 amide bonds. The molecule has 0 fully saturated rings. The summed E-state index contributed by atoms with van der Waals surface area (Å²) in [5, 5.41) is 4.46. The average molecular weight is 273 g/mol. The van der Waals surface area contributed by atoms with Crippen molar-refractivity contribution >= 4 is 0 Å². The molecule has 0 atom stereocenters. The van der Waals surface area contributed by atoms with Gasteiger partial charge in [-0.3, -0.25) is 4.68 Å². The number of rotatable bonds is 4. The molecule has 0 saturated heterocycles. The van der Waals surface area contributed by atoms with E-state index in [1.54, 1.807) is 0 Å². The largest absolute Gasteiger partial charge is 0.488 e. The first kappa shape index (κ1) is 14.6. The third-order valence-electron chi connectivity index (χ3n) is 2.82. The van der Waals surface area contributed by atoms with E-state index in [2.05, 4.69) is 23.3 Å². The summed E-state index contributed by atoms with van der Waals surface area (Å²) in [5.74, 6) is 0.878. The van der Waals surface area contributed by atoms with E-state index in [4.69, 9.17) is 10.5 Å². The number of hydrogen-bond acceptors (Lipinski definition) is 3. The van der Waals surface area contributed by atoms with Crippen LogP contribution in [-0.4, -0.2) is 21.9 Å². The van der Waals surface area contributed by atoms with Crippen LogP contribution in [0.3, 0.4) is 0 Å². The maximum absolute atomic E-state index is 5.83. The highest BCUT2D eigenvalue weighted by molar-refractivity contribution is 5.61. The summed E-state index contributed by atoms with van der Waals surface area (Å²) in [6, 6.07) is 10.2. The van der Waals surface area contributed by atoms with Gasteiger partial charge in [0.25, 0.3) is 0 Å². The predicted octanol–water partition coefficient (Wildman–Crippen LogP) is 2.99. The zero-order valence-corrected chi connectivity index (χ0v) is 12.7. The van der Waals surface area contributed by atoms with E-state index in [0.29, 0.717) is 6.54 Å². The molecule has 1 aromatic heterocycles. The van der Waals surface area contributed by atoms with Crippen molar-refractivity contribution in [3.8, 4) is 17.0 Å². The number of hydrogen-bond donors (Lipinski definition) is 1. The molecular formula is C16H23N3O. The van der Waals surface area contributed by atoms with Crippen molar-refractivity contribution in [2.45, 2.75) is 39.8 Å². The van der Waals surface area contributed by atoms with Crippen LogP contribution in [-0.2, 0) is 6.54 Å². The third-order valence-corrected chi connectivity index (χ3v) is 2.82. The van der Waals surface area contributed by atoms with Crippen LogP contribution in [0, 0.1) is 6.92 Å². The molecule has 1 aromatic carbocycles. The van der Waals surface area contributed by atoms with Crippen LogP contribution < -0.4 is 10.5 Å². The summed E-state index contributed by atoms with van der Waals surface area (Å²) in [6.07, 6.45) is 0. The van der Waals surface area contributed by atoms with E-state index in [9.17, 15) is 0 Å². The van der Waals surface area contributed by atoms with E-state index in [0.717, 1.165) is 29.2 Å². The van der Waals surface area contributed by atoms with Gasteiger partial charge in [0, 0.05) is 12.1 Å². The number of aryl methyl sites for hydroxylation is 1. The normalized spacial score (nSPS) is 11.7. The number of nitrogens with zero attached hydrogens (tertiary/aromatic N) is 2. The van der Waals surface area contributed by atoms with Crippen LogP contribution in [0.5, 0.6) is 5.75 Å². The van der Waals surface area contributed by atoms with Gasteiger partial charge in [0.15, 0.2) is 0 Å². The lowest BCUT2D eigenvalue weighted by Gasteiger charge is -2.21. The lowest BCUT2D eigenvalue weighted by Crippen LogP contribution is -2.22. The van der Waals surface area contributed by atoms with Gasteiger partial charge in [0.1, 0.15) is 11.4 Å². The zero-order valence-electron chi connectivity index (χ0n) is 12.7. The average Bonchev–Trinajstić information content (AvgIpc) is 2.70. The highest BCUT2D eigenvalue weighted by Crippen LogP contribution is 2.25. The Labute approximate surface area is 120 Å². The van der Waals surface area contributed by atoms with Gasteiger partial charge in [-0.2, -0.15) is 5.10 Å². The van der Waals surface area contributed by atoms with Crippen molar-refractivity contribution < 1.29 is 4.74 Å². The van der Waals surface area contributed by atoms with Crippen molar-refractivity contribution in [1.29, 1.82) is 0 Å². The van der Waals surface area contributed by atoms with Gasteiger partial charge in [-0.25, -0.2) is 0 Å². The minimum absolute atomic E-state index is 0.181. The van der Waals surface area contributed by atoms with Gasteiger partial charge in [0.05, 0.1) is 17.9 Å². The summed E-state index contributed by atoms with van der Waals surface area (Å²) in [7, 11) is 0. The van der Waals surface area contributed by atoms with Gasteiger partial charge < -0.3 is 10.5 Å². The van der Waals surface area contributed by atoms with Crippen molar-refractivity contribution in [1.82, 2.24) is 9.78 Å². The van der Waals surface area contributed by atoms with Crippen molar-refractivity contribution in [3.05, 3.63) is 36.0 Å². The summed E-state index contributed by atoms with van der Waals surface area (Å²) in [6.45, 7) is 9.43. The Hall–Kier alpha value is -1.81. The number of benzene rings is 1. The van der Waals surface area contributed by atoms with Crippen molar-refractivity contribution in [2.24, 2.45) is 5.73 Å². The Morgan fingerprint density at radius 2 is 1.85 bits per heavy atom. The van der Waals surface area contributed by atoms with E-state index >= 15 is 0 Å². The van der Waals surface area contributed by atoms with Crippen LogP contribution in [0.25, 0.3) is 11.3 Å². The van der Waals surface area contributed by atoms with Gasteiger partial charge in [-0.05, 0) is 58.0 Å². The SMILES string of the molecule is Cc1cc(-c2ccc(OC(C)(C)C)cc2)n(CCN)n1. The maximum Gasteiger partial charge on any atom is 0.120 e. The summed E-state index contributed by atoms with van der Waals surface area (Å²) in [5.41, 5.74) is 8.67. The zero-order chi connectivity index (χ0) is 14.8. The molecule has 0 aliphatic heterocycles. The van der Waals surface area contributed by atoms with Crippen LogP contribution in [0.4, 0.5) is 0 Å². The monoisotopic (exact) mass is 273 g/mol. The van der Waals surface area contributed by atoms with E-state index in [1.165, 1.54) is 0 Å². The molecule has 0 unspecified atom stereocenters. The van der Waals surface area contributed by atoms with Crippen LogP contribution >= 0.6 is 0 Å². The van der Waals surface area contributed by atoms with E-state index in [-0.39, 0.29) is 5.60 Å². The second-order valence-electron chi connectivity index (χ2n) is 5.92. The van der Waals surface area contributed by atoms with Gasteiger partial charge in [-0.15, -0.1) is 0 Å². The van der Waals surface area contributed by atoms with Crippen LogP contribution in [0.2, 0.25) is 0 Å². The first-order valence-electron chi connectivity index (χ1n) is 6.93. The smallest absolute Gasteiger partial charge is 0.120 e. The Bertz CT molecular complexity index is 564. The Morgan fingerprint density at radius 1 is 1.20 bits per heavy atom. The minimum atomic E-state index is -0.181. The van der Waals surface area contributed by atoms with Gasteiger partial charge in [-0.1, -0.05) is 0 Å². The molecule has 0 aliphatic rings. The highest BCUT2D eigenvalue weighted by Gasteiger charge is 2.12. The van der Waals surface area contributed by atoms with E-state index in [1.807, 2.05) is 44.5 Å². The molecule has 0 bridgehead atoms. The third kappa shape index (κ3) is 3.61. The van der Waals surface area contributed by atoms with Gasteiger partial charge >= 0.3 is 0 Å². The second-order valence-corrected chi connectivity index (χ2v) is 5.92. The molecule has 2 aromatic rings. The molecule has 2 rings (SSSR count). The number of aromatic nitrogens is 2. The fourth-order valence-corrected chi connectivity index (χ4v) is 2.12. The summed E-state index contributed by atoms with van der Waals surface area (Å²) in [4.78, 5) is 0. The molecule has 4 nitrogen and oxygen atoms in total. The summed E-state index contributed by atoms with van der Waals surface area (Å²) >= 11 is 0. The number of nitrogens with two attached hydrogens (primary N) is 1. The fourth-order valence-electron chi connectivity index (χ4n) is 2.12. The lowest BCUT2D eigenvalue weighted by molar-refractivity contribution is 0.131. The van der Waals surface area contributed by atoms with E-state index < -0.39 is 0 Å². The molecule has 0 spiro atoms. The minimum Gasteiger partial charge on any atom is -0.488 e. The number of ether oxygens (including phenoxy) is 1. The second kappa shape index (κ2) is 5.67. The topological polar surface area (TPSA) is 53.1 Å². The molecule has 0 aliphatic carbocycles. The first-order valence-corrected chi connectivity index (χ1v) is 6.93. The van der Waals surface area contributed by atoms with Crippen LogP contribution in [0.15, 0.2) is 30.3 Å². The lowest BCUT2D eigenvalue weighted by atomic mass is 10.1. The standard InChI is InChI=1S/C16H23N3O/c1-12-11-15(19(18-12)10-9-17)13-5-7-14(8-6-13)20-16(2,3)4/h5-8,11H,9-10,17H2,1-4H3. The predicted molar refractivity (Wildman–Crippen MR) is 81.8 cm³/mol. The highest BCUT2D eigenvalue weighted by atomic mass is 16.5. The Morgan fingerprint density at radius 3 is 2.40 bits per heavy atom. The molecule has 20 heavy (non-hydrogen) atoms. The molecule has 2 N–H and O–H groups in total. The fraction of sp³-hybridized carbons (Fsp3) is 0.438. The van der Waals surface area contributed by atoms with Gasteiger partial charge in [0.2, 0.25) is 0 Å².